The number of hydrogen-bond donors (Lipinski definition) is 0. The molecule has 0 atom stereocenters. The maximum atomic E-state index is 15.5. The maximum absolute atomic E-state index is 15.5. The van der Waals surface area contributed by atoms with Gasteiger partial charge in [0.05, 0.1) is 16.2 Å². The van der Waals surface area contributed by atoms with Gasteiger partial charge in [-0.15, -0.1) is 0 Å². The topological polar surface area (TPSA) is 7.94 Å². The molecule has 0 amide bonds. The van der Waals surface area contributed by atoms with Crippen LogP contribution >= 0.6 is 11.6 Å². The monoisotopic (exact) mass is 426 g/mol. The van der Waals surface area contributed by atoms with Crippen LogP contribution in [0.4, 0.5) is 21.8 Å². The number of allylic oxidation sites excluding steroid dienone is 2. The van der Waals surface area contributed by atoms with E-state index >= 15 is 8.63 Å². The molecule has 0 spiro atoms. The first-order valence-corrected chi connectivity index (χ1v) is 9.37. The SMILES string of the molecule is CC1=CC(C)=[N+]2C1=C(c1ccc(Cl)c(C(F)(F)F)c1)c1c(C)cc(C)n1[B-]2(F)F. The smallest absolute Gasteiger partial charge is 0.393 e. The van der Waals surface area contributed by atoms with E-state index in [1.54, 1.807) is 39.8 Å². The molecule has 2 aliphatic heterocycles. The van der Waals surface area contributed by atoms with Crippen LogP contribution < -0.4 is 0 Å². The zero-order valence-electron chi connectivity index (χ0n) is 16.1. The minimum atomic E-state index is -4.66. The van der Waals surface area contributed by atoms with Gasteiger partial charge < -0.3 is 17.6 Å². The lowest BCUT2D eigenvalue weighted by atomic mass is 9.83. The van der Waals surface area contributed by atoms with Crippen LogP contribution in [0.1, 0.15) is 41.9 Å². The molecule has 4 rings (SSSR count). The highest BCUT2D eigenvalue weighted by atomic mass is 35.5. The Bertz CT molecular complexity index is 1170. The van der Waals surface area contributed by atoms with Crippen LogP contribution in [0.3, 0.4) is 0 Å². The lowest BCUT2D eigenvalue weighted by molar-refractivity contribution is -0.363. The second-order valence-corrected chi connectivity index (χ2v) is 7.94. The Hall–Kier alpha value is -2.35. The van der Waals surface area contributed by atoms with E-state index in [1.807, 2.05) is 0 Å². The van der Waals surface area contributed by atoms with E-state index in [0.29, 0.717) is 28.1 Å². The van der Waals surface area contributed by atoms with E-state index in [9.17, 15) is 13.2 Å². The van der Waals surface area contributed by atoms with Crippen molar-refractivity contribution in [2.24, 2.45) is 0 Å². The number of nitrogens with zero attached hydrogens (tertiary/aromatic N) is 2. The van der Waals surface area contributed by atoms with Crippen molar-refractivity contribution < 1.29 is 26.3 Å². The van der Waals surface area contributed by atoms with Gasteiger partial charge in [-0.2, -0.15) is 13.2 Å². The molecule has 0 radical (unpaired) electrons. The summed E-state index contributed by atoms with van der Waals surface area (Å²) in [6.07, 6.45) is -3.03. The van der Waals surface area contributed by atoms with Crippen LogP contribution in [-0.2, 0) is 6.18 Å². The van der Waals surface area contributed by atoms with E-state index in [-0.39, 0.29) is 17.0 Å². The van der Waals surface area contributed by atoms with Gasteiger partial charge in [0, 0.05) is 24.3 Å². The molecule has 2 aromatic rings. The molecule has 2 nitrogen and oxygen atoms in total. The van der Waals surface area contributed by atoms with E-state index in [4.69, 9.17) is 11.6 Å². The zero-order valence-corrected chi connectivity index (χ0v) is 16.9. The lowest BCUT2D eigenvalue weighted by Gasteiger charge is -2.34. The average Bonchev–Trinajstić information content (AvgIpc) is 3.05. The fourth-order valence-electron chi connectivity index (χ4n) is 4.47. The van der Waals surface area contributed by atoms with Gasteiger partial charge in [-0.25, -0.2) is 0 Å². The van der Waals surface area contributed by atoms with Crippen molar-refractivity contribution in [2.45, 2.75) is 33.9 Å². The molecule has 9 heteroatoms. The molecule has 0 fully saturated rings. The van der Waals surface area contributed by atoms with Crippen LogP contribution in [0, 0.1) is 13.8 Å². The van der Waals surface area contributed by atoms with Gasteiger partial charge >= 0.3 is 13.1 Å². The van der Waals surface area contributed by atoms with Crippen LogP contribution in [-0.4, -0.2) is 21.6 Å². The number of hydrogen-bond acceptors (Lipinski definition) is 0. The molecular weight excluding hydrogens is 409 g/mol. The summed E-state index contributed by atoms with van der Waals surface area (Å²) in [5, 5.41) is -0.432. The van der Waals surface area contributed by atoms with E-state index < -0.39 is 23.7 Å². The van der Waals surface area contributed by atoms with Crippen LogP contribution in [0.15, 0.2) is 41.6 Å². The van der Waals surface area contributed by atoms with Gasteiger partial charge in [-0.05, 0) is 55.8 Å². The minimum absolute atomic E-state index is 0.193. The summed E-state index contributed by atoms with van der Waals surface area (Å²) < 4.78 is 73.3. The Morgan fingerprint density at radius 1 is 1.03 bits per heavy atom. The fraction of sp³-hybridized carbons (Fsp3) is 0.250. The highest BCUT2D eigenvalue weighted by molar-refractivity contribution is 6.58. The number of halogens is 6. The third kappa shape index (κ3) is 2.72. The van der Waals surface area contributed by atoms with Gasteiger partial charge in [-0.1, -0.05) is 17.7 Å². The van der Waals surface area contributed by atoms with Gasteiger partial charge in [0.2, 0.25) is 0 Å². The summed E-state index contributed by atoms with van der Waals surface area (Å²) in [5.74, 6) is 0. The molecule has 0 unspecified atom stereocenters. The molecule has 29 heavy (non-hydrogen) atoms. The normalized spacial score (nSPS) is 18.2. The van der Waals surface area contributed by atoms with Crippen molar-refractivity contribution in [3.63, 3.8) is 0 Å². The van der Waals surface area contributed by atoms with Gasteiger partial charge in [0.25, 0.3) is 0 Å². The molecule has 0 N–H and O–H groups in total. The molecule has 0 aliphatic carbocycles. The molecule has 0 saturated heterocycles. The Kier molecular flexibility index (Phi) is 4.18. The molecular formula is C20H17BClF5N2. The quantitative estimate of drug-likeness (QED) is 0.379. The third-order valence-corrected chi connectivity index (χ3v) is 5.82. The summed E-state index contributed by atoms with van der Waals surface area (Å²) in [4.78, 5) is 0. The molecule has 1 aromatic heterocycles. The lowest BCUT2D eigenvalue weighted by Crippen LogP contribution is -2.51. The third-order valence-electron chi connectivity index (χ3n) is 5.49. The first-order chi connectivity index (χ1) is 13.4. The molecule has 0 bridgehead atoms. The average molecular weight is 427 g/mol. The Morgan fingerprint density at radius 2 is 1.69 bits per heavy atom. The second-order valence-electron chi connectivity index (χ2n) is 7.53. The largest absolute Gasteiger partial charge is 0.737 e. The van der Waals surface area contributed by atoms with Crippen LogP contribution in [0.2, 0.25) is 5.02 Å². The van der Waals surface area contributed by atoms with Crippen molar-refractivity contribution in [3.8, 4) is 0 Å². The van der Waals surface area contributed by atoms with Crippen LogP contribution in [0.25, 0.3) is 5.57 Å². The Morgan fingerprint density at radius 3 is 2.31 bits per heavy atom. The number of benzene rings is 1. The van der Waals surface area contributed by atoms with Crippen molar-refractivity contribution >= 4 is 29.9 Å². The van der Waals surface area contributed by atoms with Gasteiger partial charge in [-0.3, -0.25) is 0 Å². The number of alkyl halides is 3. The molecule has 1 aromatic carbocycles. The highest BCUT2D eigenvalue weighted by Crippen LogP contribution is 2.45. The molecule has 0 saturated carbocycles. The van der Waals surface area contributed by atoms with E-state index in [1.165, 1.54) is 6.07 Å². The predicted octanol–water partition coefficient (Wildman–Crippen LogP) is 6.21. The van der Waals surface area contributed by atoms with Crippen molar-refractivity contribution in [1.29, 1.82) is 0 Å². The summed E-state index contributed by atoms with van der Waals surface area (Å²) in [6.45, 7) is 2.34. The summed E-state index contributed by atoms with van der Waals surface area (Å²) in [5.41, 5.74) is 1.86. The molecule has 2 aliphatic rings. The van der Waals surface area contributed by atoms with Crippen molar-refractivity contribution in [2.75, 3.05) is 0 Å². The maximum Gasteiger partial charge on any atom is 0.737 e. The predicted molar refractivity (Wildman–Crippen MR) is 104 cm³/mol. The van der Waals surface area contributed by atoms with Gasteiger partial charge in [0.15, 0.2) is 5.70 Å². The Balaban J connectivity index is 2.14. The second kappa shape index (κ2) is 6.08. The first-order valence-electron chi connectivity index (χ1n) is 9.00. The number of rotatable bonds is 1. The standard InChI is InChI=1S/C20H17BClF5N2/c1-10-7-12(3)28-18(10)17(14-5-6-16(22)15(9-14)20(23,24)25)19-11(2)8-13(4)29(19)21(28,26)27/h5-9H,1-4H3. The summed E-state index contributed by atoms with van der Waals surface area (Å²) >= 11 is 5.78. The highest BCUT2D eigenvalue weighted by Gasteiger charge is 2.55. The first kappa shape index (κ1) is 19.9. The molecule has 3 heterocycles. The van der Waals surface area contributed by atoms with Crippen LogP contribution in [0.5, 0.6) is 0 Å². The van der Waals surface area contributed by atoms with Gasteiger partial charge in [0.1, 0.15) is 5.71 Å². The zero-order chi connectivity index (χ0) is 21.5. The number of aryl methyl sites for hydroxylation is 2. The van der Waals surface area contributed by atoms with E-state index in [2.05, 4.69) is 0 Å². The molecule has 152 valence electrons. The summed E-state index contributed by atoms with van der Waals surface area (Å²) in [6, 6.07) is 5.17. The minimum Gasteiger partial charge on any atom is -0.393 e. The van der Waals surface area contributed by atoms with Crippen molar-refractivity contribution in [3.05, 3.63) is 74.7 Å². The Labute approximate surface area is 169 Å². The van der Waals surface area contributed by atoms with Crippen molar-refractivity contribution in [1.82, 2.24) is 4.48 Å². The van der Waals surface area contributed by atoms with E-state index in [0.717, 1.165) is 21.1 Å². The number of aromatic nitrogens is 1. The fourth-order valence-corrected chi connectivity index (χ4v) is 4.69. The number of fused-ring (bicyclic) bond motifs is 2. The summed E-state index contributed by atoms with van der Waals surface area (Å²) in [7, 11) is 0.